The molecule has 12 heteroatoms. The van der Waals surface area contributed by atoms with Crippen LogP contribution in [0.25, 0.3) is 0 Å². The zero-order chi connectivity index (χ0) is 19.9. The zero-order valence-corrected chi connectivity index (χ0v) is 15.4. The number of aryl methyl sites for hydroxylation is 2. The predicted molar refractivity (Wildman–Crippen MR) is 103 cm³/mol. The van der Waals surface area contributed by atoms with Crippen LogP contribution in [0.2, 0.25) is 0 Å². The first kappa shape index (κ1) is 18.7. The number of aromatic nitrogens is 6. The average Bonchev–Trinajstić information content (AvgIpc) is 2.71. The van der Waals surface area contributed by atoms with Crippen LogP contribution in [0.3, 0.4) is 0 Å². The second-order valence-electron chi connectivity index (χ2n) is 5.52. The minimum Gasteiger partial charge on any atom is -0.496 e. The van der Waals surface area contributed by atoms with Gasteiger partial charge in [-0.3, -0.25) is 20.6 Å². The van der Waals surface area contributed by atoms with Crippen LogP contribution >= 0.6 is 0 Å². The molecule has 0 fully saturated rings. The van der Waals surface area contributed by atoms with E-state index in [2.05, 4.69) is 51.7 Å². The van der Waals surface area contributed by atoms with E-state index in [0.717, 1.165) is 5.56 Å². The maximum absolute atomic E-state index is 11.6. The summed E-state index contributed by atoms with van der Waals surface area (Å²) >= 11 is 0. The van der Waals surface area contributed by atoms with Crippen LogP contribution in [-0.4, -0.2) is 43.7 Å². The van der Waals surface area contributed by atoms with Gasteiger partial charge in [-0.2, -0.15) is 10.1 Å². The summed E-state index contributed by atoms with van der Waals surface area (Å²) in [6, 6.07) is 7.43. The van der Waals surface area contributed by atoms with E-state index in [1.807, 2.05) is 24.3 Å². The summed E-state index contributed by atoms with van der Waals surface area (Å²) in [5.41, 5.74) is 9.44. The molecule has 0 amide bonds. The van der Waals surface area contributed by atoms with Crippen molar-refractivity contribution < 1.29 is 4.74 Å². The SMILES string of the molecule is COc1ccccc1/C=N/Nc1nnc(C)c(NNc2nnc(C)c(=O)[nH]2)n1. The number of aromatic amines is 1. The monoisotopic (exact) mass is 382 g/mol. The number of anilines is 3. The molecule has 2 aromatic heterocycles. The van der Waals surface area contributed by atoms with Crippen molar-refractivity contribution in [2.45, 2.75) is 13.8 Å². The standard InChI is InChI=1S/C16H18N10O2/c1-9-13(22-26-16-19-14(27)10(2)21-25-16)18-15(24-20-9)23-17-8-11-6-4-5-7-12(11)28-3/h4-8H,1-3H3,(H2,18,22,23,24)(H2,19,25,26,27)/b17-8+. The van der Waals surface area contributed by atoms with Crippen LogP contribution in [-0.2, 0) is 0 Å². The Morgan fingerprint density at radius 1 is 1.07 bits per heavy atom. The van der Waals surface area contributed by atoms with Crippen molar-refractivity contribution in [2.75, 3.05) is 23.4 Å². The van der Waals surface area contributed by atoms with E-state index in [1.54, 1.807) is 27.2 Å². The quantitative estimate of drug-likeness (QED) is 0.341. The summed E-state index contributed by atoms with van der Waals surface area (Å²) in [6.45, 7) is 3.28. The molecular weight excluding hydrogens is 364 g/mol. The predicted octanol–water partition coefficient (Wildman–Crippen LogP) is 0.860. The molecule has 0 radical (unpaired) electrons. The van der Waals surface area contributed by atoms with Gasteiger partial charge in [0, 0.05) is 5.56 Å². The number of hydrazine groups is 1. The van der Waals surface area contributed by atoms with Crippen LogP contribution in [0, 0.1) is 13.8 Å². The average molecular weight is 382 g/mol. The first-order valence-electron chi connectivity index (χ1n) is 8.16. The van der Waals surface area contributed by atoms with Crippen LogP contribution in [0.4, 0.5) is 17.7 Å². The Morgan fingerprint density at radius 2 is 1.86 bits per heavy atom. The van der Waals surface area contributed by atoms with E-state index in [1.165, 1.54) is 0 Å². The molecule has 0 atom stereocenters. The van der Waals surface area contributed by atoms with Crippen molar-refractivity contribution in [2.24, 2.45) is 5.10 Å². The van der Waals surface area contributed by atoms with E-state index in [-0.39, 0.29) is 23.1 Å². The maximum Gasteiger partial charge on any atom is 0.274 e. The Bertz CT molecular complexity index is 1050. The lowest BCUT2D eigenvalue weighted by atomic mass is 10.2. The summed E-state index contributed by atoms with van der Waals surface area (Å²) in [7, 11) is 1.59. The third-order valence-electron chi connectivity index (χ3n) is 3.52. The van der Waals surface area contributed by atoms with Gasteiger partial charge >= 0.3 is 0 Å². The van der Waals surface area contributed by atoms with Gasteiger partial charge in [-0.1, -0.05) is 12.1 Å². The van der Waals surface area contributed by atoms with Crippen LogP contribution in [0.1, 0.15) is 17.0 Å². The van der Waals surface area contributed by atoms with Crippen LogP contribution in [0.5, 0.6) is 5.75 Å². The molecule has 28 heavy (non-hydrogen) atoms. The lowest BCUT2D eigenvalue weighted by Crippen LogP contribution is -2.21. The molecule has 0 aliphatic rings. The first-order valence-corrected chi connectivity index (χ1v) is 8.16. The van der Waals surface area contributed by atoms with Crippen LogP contribution in [0.15, 0.2) is 34.2 Å². The number of hydrogen-bond acceptors (Lipinski definition) is 11. The number of H-pyrrole nitrogens is 1. The number of para-hydroxylation sites is 1. The van der Waals surface area contributed by atoms with E-state index in [4.69, 9.17) is 4.74 Å². The molecule has 4 N–H and O–H groups in total. The number of nitrogens with one attached hydrogen (secondary N) is 4. The highest BCUT2D eigenvalue weighted by Crippen LogP contribution is 2.15. The molecule has 0 saturated heterocycles. The molecule has 0 aliphatic heterocycles. The smallest absolute Gasteiger partial charge is 0.274 e. The van der Waals surface area contributed by atoms with E-state index >= 15 is 0 Å². The van der Waals surface area contributed by atoms with E-state index < -0.39 is 0 Å². The number of methoxy groups -OCH3 is 1. The van der Waals surface area contributed by atoms with Gasteiger partial charge in [0.2, 0.25) is 5.95 Å². The van der Waals surface area contributed by atoms with Gasteiger partial charge in [-0.15, -0.1) is 20.4 Å². The van der Waals surface area contributed by atoms with Gasteiger partial charge in [0.25, 0.3) is 11.5 Å². The highest BCUT2D eigenvalue weighted by Gasteiger charge is 2.06. The molecule has 0 aliphatic carbocycles. The zero-order valence-electron chi connectivity index (χ0n) is 15.4. The molecule has 0 bridgehead atoms. The molecule has 0 saturated carbocycles. The fourth-order valence-electron chi connectivity index (χ4n) is 2.05. The molecule has 0 spiro atoms. The summed E-state index contributed by atoms with van der Waals surface area (Å²) in [5.74, 6) is 1.37. The van der Waals surface area contributed by atoms with Gasteiger partial charge in [0.1, 0.15) is 17.1 Å². The molecule has 144 valence electrons. The Hall–Kier alpha value is -4.09. The van der Waals surface area contributed by atoms with Crippen molar-refractivity contribution in [3.8, 4) is 5.75 Å². The minimum absolute atomic E-state index is 0.136. The third-order valence-corrected chi connectivity index (χ3v) is 3.52. The van der Waals surface area contributed by atoms with E-state index in [0.29, 0.717) is 17.3 Å². The van der Waals surface area contributed by atoms with Gasteiger partial charge in [-0.25, -0.2) is 5.43 Å². The van der Waals surface area contributed by atoms with Crippen molar-refractivity contribution in [1.29, 1.82) is 0 Å². The summed E-state index contributed by atoms with van der Waals surface area (Å²) in [5, 5.41) is 19.6. The Balaban J connectivity index is 1.68. The number of nitrogens with zero attached hydrogens (tertiary/aromatic N) is 6. The molecule has 2 heterocycles. The normalized spacial score (nSPS) is 10.7. The highest BCUT2D eigenvalue weighted by molar-refractivity contribution is 5.83. The molecule has 12 nitrogen and oxygen atoms in total. The highest BCUT2D eigenvalue weighted by atomic mass is 16.5. The fraction of sp³-hybridized carbons (Fsp3) is 0.188. The molecule has 3 rings (SSSR count). The Kier molecular flexibility index (Phi) is 5.69. The number of benzene rings is 1. The summed E-state index contributed by atoms with van der Waals surface area (Å²) in [6.07, 6.45) is 1.58. The number of ether oxygens (including phenoxy) is 1. The van der Waals surface area contributed by atoms with Crippen molar-refractivity contribution in [1.82, 2.24) is 30.4 Å². The van der Waals surface area contributed by atoms with E-state index in [9.17, 15) is 4.79 Å². The largest absolute Gasteiger partial charge is 0.496 e. The summed E-state index contributed by atoms with van der Waals surface area (Å²) in [4.78, 5) is 18.3. The van der Waals surface area contributed by atoms with Gasteiger partial charge < -0.3 is 4.74 Å². The Morgan fingerprint density at radius 3 is 2.64 bits per heavy atom. The van der Waals surface area contributed by atoms with Crippen molar-refractivity contribution >= 4 is 23.9 Å². The number of rotatable bonds is 7. The molecular formula is C16H18N10O2. The van der Waals surface area contributed by atoms with Gasteiger partial charge in [0.15, 0.2) is 5.82 Å². The fourth-order valence-corrected chi connectivity index (χ4v) is 2.05. The van der Waals surface area contributed by atoms with Gasteiger partial charge in [0.05, 0.1) is 13.3 Å². The molecule has 1 aromatic carbocycles. The number of hydrazone groups is 1. The lowest BCUT2D eigenvalue weighted by Gasteiger charge is -2.09. The Labute approximate surface area is 159 Å². The molecule has 3 aromatic rings. The molecule has 0 unspecified atom stereocenters. The first-order chi connectivity index (χ1) is 13.6. The maximum atomic E-state index is 11.6. The minimum atomic E-state index is -0.343. The third kappa shape index (κ3) is 4.55. The van der Waals surface area contributed by atoms with Crippen molar-refractivity contribution in [3.63, 3.8) is 0 Å². The topological polar surface area (TPSA) is 155 Å². The summed E-state index contributed by atoms with van der Waals surface area (Å²) < 4.78 is 5.26. The van der Waals surface area contributed by atoms with Crippen molar-refractivity contribution in [3.05, 3.63) is 51.6 Å². The second-order valence-corrected chi connectivity index (χ2v) is 5.52. The lowest BCUT2D eigenvalue weighted by molar-refractivity contribution is 0.414. The van der Waals surface area contributed by atoms with Crippen LogP contribution < -0.4 is 26.6 Å². The van der Waals surface area contributed by atoms with Gasteiger partial charge in [-0.05, 0) is 26.0 Å². The number of hydrogen-bond donors (Lipinski definition) is 4. The second kappa shape index (κ2) is 8.53.